The average molecular weight is 250 g/mol. The van der Waals surface area contributed by atoms with Gasteiger partial charge in [-0.25, -0.2) is 14.8 Å². The Morgan fingerprint density at radius 3 is 2.72 bits per heavy atom. The van der Waals surface area contributed by atoms with E-state index in [1.807, 2.05) is 6.92 Å². The van der Waals surface area contributed by atoms with E-state index >= 15 is 0 Å². The second kappa shape index (κ2) is 4.80. The van der Waals surface area contributed by atoms with Crippen molar-refractivity contribution in [3.05, 3.63) is 11.4 Å². The van der Waals surface area contributed by atoms with Crippen LogP contribution >= 0.6 is 0 Å². The summed E-state index contributed by atoms with van der Waals surface area (Å²) in [6, 6.07) is -0.463. The van der Waals surface area contributed by atoms with Crippen LogP contribution in [0.15, 0.2) is 0 Å². The Balaban J connectivity index is 2.23. The van der Waals surface area contributed by atoms with Crippen molar-refractivity contribution in [1.29, 1.82) is 0 Å². The number of nitrogens with zero attached hydrogens (tertiary/aromatic N) is 2. The molecule has 0 bridgehead atoms. The zero-order valence-corrected chi connectivity index (χ0v) is 10.9. The molecule has 6 nitrogen and oxygen atoms in total. The molecule has 0 amide bonds. The molecule has 1 aromatic heterocycles. The van der Waals surface area contributed by atoms with Crippen LogP contribution in [0.1, 0.15) is 37.1 Å². The lowest BCUT2D eigenvalue weighted by atomic mass is 10.2. The van der Waals surface area contributed by atoms with E-state index in [4.69, 9.17) is 5.73 Å². The molecule has 0 aliphatic heterocycles. The molecule has 1 aromatic rings. The SMILES string of the molecule is COC(=O)C(C)Nc1nc(C2CC2)nc(N)c1C. The van der Waals surface area contributed by atoms with Gasteiger partial charge in [0.1, 0.15) is 23.5 Å². The number of nitrogens with one attached hydrogen (secondary N) is 1. The molecule has 0 saturated heterocycles. The maximum Gasteiger partial charge on any atom is 0.328 e. The zero-order chi connectivity index (χ0) is 13.3. The number of esters is 1. The fourth-order valence-electron chi connectivity index (χ4n) is 1.66. The van der Waals surface area contributed by atoms with E-state index in [9.17, 15) is 4.79 Å². The van der Waals surface area contributed by atoms with Gasteiger partial charge in [-0.05, 0) is 26.7 Å². The summed E-state index contributed by atoms with van der Waals surface area (Å²) in [6.45, 7) is 3.55. The minimum Gasteiger partial charge on any atom is -0.467 e. The number of hydrogen-bond acceptors (Lipinski definition) is 6. The smallest absolute Gasteiger partial charge is 0.328 e. The number of methoxy groups -OCH3 is 1. The normalized spacial score (nSPS) is 16.2. The molecule has 1 saturated carbocycles. The summed E-state index contributed by atoms with van der Waals surface area (Å²) in [5, 5.41) is 3.02. The molecule has 2 rings (SSSR count). The van der Waals surface area contributed by atoms with Crippen LogP contribution in [0.25, 0.3) is 0 Å². The van der Waals surface area contributed by atoms with Gasteiger partial charge in [-0.2, -0.15) is 0 Å². The summed E-state index contributed by atoms with van der Waals surface area (Å²) < 4.78 is 4.67. The molecule has 0 spiro atoms. The summed E-state index contributed by atoms with van der Waals surface area (Å²) in [4.78, 5) is 20.1. The predicted octanol–water partition coefficient (Wildman–Crippen LogP) is 1.22. The van der Waals surface area contributed by atoms with Crippen molar-refractivity contribution in [2.45, 2.75) is 38.6 Å². The highest BCUT2D eigenvalue weighted by molar-refractivity contribution is 5.78. The Labute approximate surface area is 106 Å². The molecule has 6 heteroatoms. The molecular formula is C12H18N4O2. The first-order valence-electron chi connectivity index (χ1n) is 6.01. The molecule has 1 aliphatic rings. The lowest BCUT2D eigenvalue weighted by Crippen LogP contribution is -2.28. The molecule has 0 aromatic carbocycles. The molecule has 1 aliphatic carbocycles. The number of carbonyl (C=O) groups excluding carboxylic acids is 1. The molecule has 98 valence electrons. The van der Waals surface area contributed by atoms with Crippen LogP contribution in [-0.2, 0) is 9.53 Å². The Hall–Kier alpha value is -1.85. The second-order valence-electron chi connectivity index (χ2n) is 4.60. The third-order valence-corrected chi connectivity index (χ3v) is 3.05. The number of hydrogen-bond donors (Lipinski definition) is 2. The summed E-state index contributed by atoms with van der Waals surface area (Å²) >= 11 is 0. The van der Waals surface area contributed by atoms with E-state index in [-0.39, 0.29) is 5.97 Å². The first-order valence-corrected chi connectivity index (χ1v) is 6.01. The van der Waals surface area contributed by atoms with Crippen molar-refractivity contribution >= 4 is 17.6 Å². The lowest BCUT2D eigenvalue weighted by Gasteiger charge is -2.15. The Morgan fingerprint density at radius 2 is 2.17 bits per heavy atom. The van der Waals surface area contributed by atoms with Gasteiger partial charge in [0.2, 0.25) is 0 Å². The highest BCUT2D eigenvalue weighted by atomic mass is 16.5. The van der Waals surface area contributed by atoms with E-state index < -0.39 is 6.04 Å². The van der Waals surface area contributed by atoms with Gasteiger partial charge < -0.3 is 15.8 Å². The van der Waals surface area contributed by atoms with Gasteiger partial charge in [-0.15, -0.1) is 0 Å². The lowest BCUT2D eigenvalue weighted by molar-refractivity contribution is -0.141. The van der Waals surface area contributed by atoms with Gasteiger partial charge in [0, 0.05) is 11.5 Å². The quantitative estimate of drug-likeness (QED) is 0.781. The first kappa shape index (κ1) is 12.6. The van der Waals surface area contributed by atoms with Gasteiger partial charge in [0.05, 0.1) is 7.11 Å². The maximum atomic E-state index is 11.4. The molecule has 0 radical (unpaired) electrons. The van der Waals surface area contributed by atoms with Crippen molar-refractivity contribution in [3.63, 3.8) is 0 Å². The highest BCUT2D eigenvalue weighted by Gasteiger charge is 2.28. The number of rotatable bonds is 4. The minimum absolute atomic E-state index is 0.334. The van der Waals surface area contributed by atoms with Crippen molar-refractivity contribution in [2.75, 3.05) is 18.2 Å². The number of aromatic nitrogens is 2. The predicted molar refractivity (Wildman–Crippen MR) is 68.3 cm³/mol. The van der Waals surface area contributed by atoms with Crippen LogP contribution in [0.4, 0.5) is 11.6 Å². The van der Waals surface area contributed by atoms with Gasteiger partial charge in [0.15, 0.2) is 0 Å². The number of nitrogens with two attached hydrogens (primary N) is 1. The molecule has 1 atom stereocenters. The zero-order valence-electron chi connectivity index (χ0n) is 10.9. The van der Waals surface area contributed by atoms with Crippen LogP contribution in [-0.4, -0.2) is 29.1 Å². The van der Waals surface area contributed by atoms with Crippen molar-refractivity contribution < 1.29 is 9.53 Å². The van der Waals surface area contributed by atoms with E-state index in [0.29, 0.717) is 17.6 Å². The largest absolute Gasteiger partial charge is 0.467 e. The molecule has 18 heavy (non-hydrogen) atoms. The monoisotopic (exact) mass is 250 g/mol. The summed E-state index contributed by atoms with van der Waals surface area (Å²) in [6.07, 6.45) is 2.21. The van der Waals surface area contributed by atoms with Crippen LogP contribution in [0.5, 0.6) is 0 Å². The fourth-order valence-corrected chi connectivity index (χ4v) is 1.66. The number of ether oxygens (including phenoxy) is 1. The van der Waals surface area contributed by atoms with E-state index in [0.717, 1.165) is 24.2 Å². The number of nitrogen functional groups attached to an aromatic ring is 1. The van der Waals surface area contributed by atoms with Gasteiger partial charge in [-0.3, -0.25) is 0 Å². The Kier molecular flexibility index (Phi) is 3.36. The summed E-state index contributed by atoms with van der Waals surface area (Å²) in [5.41, 5.74) is 6.62. The van der Waals surface area contributed by atoms with Gasteiger partial charge in [-0.1, -0.05) is 0 Å². The standard InChI is InChI=1S/C12H18N4O2/c1-6-9(13)15-11(8-4-5-8)16-10(6)14-7(2)12(17)18-3/h7-8H,4-5H2,1-3H3,(H3,13,14,15,16). The van der Waals surface area contributed by atoms with Gasteiger partial charge >= 0.3 is 5.97 Å². The van der Waals surface area contributed by atoms with Crippen LogP contribution in [0.3, 0.4) is 0 Å². The summed E-state index contributed by atoms with van der Waals surface area (Å²) in [5.74, 6) is 1.92. The van der Waals surface area contributed by atoms with Crippen LogP contribution < -0.4 is 11.1 Å². The third kappa shape index (κ3) is 2.52. The Morgan fingerprint density at radius 1 is 1.50 bits per heavy atom. The van der Waals surface area contributed by atoms with Crippen molar-refractivity contribution in [2.24, 2.45) is 0 Å². The summed E-state index contributed by atoms with van der Waals surface area (Å²) in [7, 11) is 1.36. The van der Waals surface area contributed by atoms with Crippen molar-refractivity contribution in [3.8, 4) is 0 Å². The van der Waals surface area contributed by atoms with Gasteiger partial charge in [0.25, 0.3) is 0 Å². The van der Waals surface area contributed by atoms with E-state index in [1.165, 1.54) is 7.11 Å². The van der Waals surface area contributed by atoms with Crippen molar-refractivity contribution in [1.82, 2.24) is 9.97 Å². The van der Waals surface area contributed by atoms with E-state index in [2.05, 4.69) is 20.0 Å². The fraction of sp³-hybridized carbons (Fsp3) is 0.583. The average Bonchev–Trinajstić information content (AvgIpc) is 3.17. The molecule has 1 fully saturated rings. The number of carbonyl (C=O) groups is 1. The topological polar surface area (TPSA) is 90.1 Å². The maximum absolute atomic E-state index is 11.4. The third-order valence-electron chi connectivity index (χ3n) is 3.05. The molecular weight excluding hydrogens is 232 g/mol. The number of anilines is 2. The highest BCUT2D eigenvalue weighted by Crippen LogP contribution is 2.39. The van der Waals surface area contributed by atoms with E-state index in [1.54, 1.807) is 6.92 Å². The first-order chi connectivity index (χ1) is 8.52. The second-order valence-corrected chi connectivity index (χ2v) is 4.60. The minimum atomic E-state index is -0.463. The Bertz CT molecular complexity index is 471. The van der Waals surface area contributed by atoms with Crippen LogP contribution in [0, 0.1) is 6.92 Å². The molecule has 1 unspecified atom stereocenters. The molecule has 3 N–H and O–H groups in total. The van der Waals surface area contributed by atoms with Crippen LogP contribution in [0.2, 0.25) is 0 Å². The molecule has 1 heterocycles.